The molecule has 6 nitrogen and oxygen atoms in total. The largest absolute Gasteiger partial charge is 0.495 e. The van der Waals surface area contributed by atoms with Crippen molar-refractivity contribution < 1.29 is 22.3 Å². The van der Waals surface area contributed by atoms with E-state index < -0.39 is 27.8 Å². The van der Waals surface area contributed by atoms with Gasteiger partial charge in [-0.3, -0.25) is 9.10 Å². The van der Waals surface area contributed by atoms with Crippen LogP contribution in [-0.4, -0.2) is 33.7 Å². The number of sulfonamides is 1. The van der Waals surface area contributed by atoms with Crippen molar-refractivity contribution in [3.63, 3.8) is 0 Å². The van der Waals surface area contributed by atoms with Crippen LogP contribution in [0, 0.1) is 12.7 Å². The number of anilines is 2. The van der Waals surface area contributed by atoms with Gasteiger partial charge < -0.3 is 10.1 Å². The van der Waals surface area contributed by atoms with E-state index in [4.69, 9.17) is 16.3 Å². The van der Waals surface area contributed by atoms with Crippen LogP contribution in [0.15, 0.2) is 36.4 Å². The molecule has 1 N–H and O–H groups in total. The van der Waals surface area contributed by atoms with Crippen LogP contribution < -0.4 is 14.4 Å². The zero-order valence-corrected chi connectivity index (χ0v) is 16.9. The van der Waals surface area contributed by atoms with Crippen LogP contribution in [0.3, 0.4) is 0 Å². The fraction of sp³-hybridized carbons (Fsp3) is 0.278. The molecular formula is C18H20ClFN2O4S. The molecule has 146 valence electrons. The lowest BCUT2D eigenvalue weighted by atomic mass is 10.2. The summed E-state index contributed by atoms with van der Waals surface area (Å²) in [5.74, 6) is -0.910. The van der Waals surface area contributed by atoms with E-state index >= 15 is 0 Å². The monoisotopic (exact) mass is 414 g/mol. The Bertz CT molecular complexity index is 966. The van der Waals surface area contributed by atoms with Crippen LogP contribution >= 0.6 is 11.6 Å². The quantitative estimate of drug-likeness (QED) is 0.783. The second-order valence-corrected chi connectivity index (χ2v) is 8.29. The van der Waals surface area contributed by atoms with Gasteiger partial charge in [0.2, 0.25) is 15.9 Å². The standard InChI is InChI=1S/C18H20ClFN2O4S/c1-11-5-8-17(26-3)16(9-11)22(27(4,24)25)12(2)18(23)21-13-6-7-15(20)14(19)10-13/h5-10,12H,1-4H3,(H,21,23)/t12-/m0/s1. The zero-order valence-electron chi connectivity index (χ0n) is 15.3. The Hall–Kier alpha value is -2.32. The van der Waals surface area contributed by atoms with Gasteiger partial charge in [-0.1, -0.05) is 17.7 Å². The molecule has 1 amide bonds. The van der Waals surface area contributed by atoms with Gasteiger partial charge >= 0.3 is 0 Å². The van der Waals surface area contributed by atoms with Crippen molar-refractivity contribution in [2.75, 3.05) is 23.0 Å². The fourth-order valence-electron chi connectivity index (χ4n) is 2.57. The number of aryl methyl sites for hydroxylation is 1. The third-order valence-electron chi connectivity index (χ3n) is 3.85. The second-order valence-electron chi connectivity index (χ2n) is 6.03. The smallest absolute Gasteiger partial charge is 0.247 e. The number of carbonyl (C=O) groups excluding carboxylic acids is 1. The summed E-state index contributed by atoms with van der Waals surface area (Å²) in [5.41, 5.74) is 1.31. The normalized spacial score (nSPS) is 12.4. The Labute approximate surface area is 162 Å². The van der Waals surface area contributed by atoms with Gasteiger partial charge in [0.25, 0.3) is 0 Å². The highest BCUT2D eigenvalue weighted by Crippen LogP contribution is 2.33. The molecule has 0 aliphatic heterocycles. The number of hydrogen-bond donors (Lipinski definition) is 1. The van der Waals surface area contributed by atoms with Crippen molar-refractivity contribution in [1.82, 2.24) is 0 Å². The number of ether oxygens (including phenoxy) is 1. The number of nitrogens with zero attached hydrogens (tertiary/aromatic N) is 1. The average molecular weight is 415 g/mol. The number of hydrogen-bond acceptors (Lipinski definition) is 4. The number of methoxy groups -OCH3 is 1. The Morgan fingerprint density at radius 3 is 2.48 bits per heavy atom. The summed E-state index contributed by atoms with van der Waals surface area (Å²) >= 11 is 5.72. The van der Waals surface area contributed by atoms with Gasteiger partial charge in [0, 0.05) is 5.69 Å². The van der Waals surface area contributed by atoms with E-state index in [0.717, 1.165) is 22.2 Å². The maximum atomic E-state index is 13.3. The Balaban J connectivity index is 2.41. The molecule has 9 heteroatoms. The van der Waals surface area contributed by atoms with Crippen molar-refractivity contribution in [3.05, 3.63) is 52.8 Å². The third kappa shape index (κ3) is 4.90. The molecule has 0 radical (unpaired) electrons. The van der Waals surface area contributed by atoms with E-state index in [0.29, 0.717) is 5.75 Å². The first-order chi connectivity index (χ1) is 12.5. The molecule has 0 spiro atoms. The lowest BCUT2D eigenvalue weighted by Gasteiger charge is -2.29. The SMILES string of the molecule is COc1ccc(C)cc1N([C@@H](C)C(=O)Nc1ccc(F)c(Cl)c1)S(C)(=O)=O. The van der Waals surface area contributed by atoms with Crippen LogP contribution in [0.4, 0.5) is 15.8 Å². The number of carbonyl (C=O) groups is 1. The van der Waals surface area contributed by atoms with E-state index in [1.54, 1.807) is 25.1 Å². The van der Waals surface area contributed by atoms with Gasteiger partial charge in [0.15, 0.2) is 0 Å². The Morgan fingerprint density at radius 1 is 1.26 bits per heavy atom. The van der Waals surface area contributed by atoms with Gasteiger partial charge in [-0.15, -0.1) is 0 Å². The average Bonchev–Trinajstić information content (AvgIpc) is 2.57. The molecule has 2 rings (SSSR count). The minimum atomic E-state index is -3.81. The summed E-state index contributed by atoms with van der Waals surface area (Å²) in [4.78, 5) is 12.7. The number of nitrogens with one attached hydrogen (secondary N) is 1. The maximum absolute atomic E-state index is 13.3. The zero-order chi connectivity index (χ0) is 20.4. The molecule has 0 unspecified atom stereocenters. The van der Waals surface area contributed by atoms with Crippen LogP contribution in [0.5, 0.6) is 5.75 Å². The minimum Gasteiger partial charge on any atom is -0.495 e. The predicted molar refractivity (Wildman–Crippen MR) is 105 cm³/mol. The van der Waals surface area contributed by atoms with Gasteiger partial charge in [0.1, 0.15) is 17.6 Å². The first-order valence-electron chi connectivity index (χ1n) is 7.94. The summed E-state index contributed by atoms with van der Waals surface area (Å²) in [5, 5.41) is 2.40. The maximum Gasteiger partial charge on any atom is 0.247 e. The number of benzene rings is 2. The molecule has 1 atom stereocenters. The molecule has 0 aliphatic carbocycles. The second kappa shape index (κ2) is 8.14. The van der Waals surface area contributed by atoms with Crippen molar-refractivity contribution in [2.45, 2.75) is 19.9 Å². The van der Waals surface area contributed by atoms with Crippen molar-refractivity contribution >= 4 is 38.9 Å². The highest BCUT2D eigenvalue weighted by molar-refractivity contribution is 7.92. The number of amides is 1. The van der Waals surface area contributed by atoms with E-state index in [9.17, 15) is 17.6 Å². The van der Waals surface area contributed by atoms with Crippen molar-refractivity contribution in [2.24, 2.45) is 0 Å². The highest BCUT2D eigenvalue weighted by Gasteiger charge is 2.31. The number of rotatable bonds is 6. The fourth-order valence-corrected chi connectivity index (χ4v) is 3.92. The van der Waals surface area contributed by atoms with E-state index in [1.807, 2.05) is 0 Å². The third-order valence-corrected chi connectivity index (χ3v) is 5.36. The van der Waals surface area contributed by atoms with Crippen molar-refractivity contribution in [3.8, 4) is 5.75 Å². The topological polar surface area (TPSA) is 75.7 Å². The van der Waals surface area contributed by atoms with Crippen molar-refractivity contribution in [1.29, 1.82) is 0 Å². The van der Waals surface area contributed by atoms with E-state index in [1.165, 1.54) is 26.2 Å². The summed E-state index contributed by atoms with van der Waals surface area (Å²) in [6.45, 7) is 3.25. The van der Waals surface area contributed by atoms with Gasteiger partial charge in [-0.05, 0) is 49.7 Å². The molecule has 2 aromatic rings. The molecule has 0 aromatic heterocycles. The molecule has 0 fully saturated rings. The first kappa shape index (κ1) is 21.0. The van der Waals surface area contributed by atoms with Crippen LogP contribution in [0.1, 0.15) is 12.5 Å². The minimum absolute atomic E-state index is 0.152. The Kier molecular flexibility index (Phi) is 6.33. The predicted octanol–water partition coefficient (Wildman–Crippen LogP) is 3.59. The molecule has 0 bridgehead atoms. The molecule has 0 saturated heterocycles. The Morgan fingerprint density at radius 2 is 1.93 bits per heavy atom. The van der Waals surface area contributed by atoms with Crippen LogP contribution in [-0.2, 0) is 14.8 Å². The van der Waals surface area contributed by atoms with Crippen LogP contribution in [0.2, 0.25) is 5.02 Å². The summed E-state index contributed by atoms with van der Waals surface area (Å²) in [6, 6.07) is 7.63. The molecule has 2 aromatic carbocycles. The van der Waals surface area contributed by atoms with Gasteiger partial charge in [-0.25, -0.2) is 12.8 Å². The first-order valence-corrected chi connectivity index (χ1v) is 10.2. The van der Waals surface area contributed by atoms with E-state index in [-0.39, 0.29) is 16.4 Å². The van der Waals surface area contributed by atoms with Gasteiger partial charge in [-0.2, -0.15) is 0 Å². The summed E-state index contributed by atoms with van der Waals surface area (Å²) in [6.07, 6.45) is 1.01. The number of halogens is 2. The van der Waals surface area contributed by atoms with E-state index in [2.05, 4.69) is 5.32 Å². The summed E-state index contributed by atoms with van der Waals surface area (Å²) < 4.78 is 44.4. The highest BCUT2D eigenvalue weighted by atomic mass is 35.5. The van der Waals surface area contributed by atoms with Gasteiger partial charge in [0.05, 0.1) is 24.1 Å². The molecule has 0 saturated carbocycles. The molecule has 0 aliphatic rings. The van der Waals surface area contributed by atoms with Crippen LogP contribution in [0.25, 0.3) is 0 Å². The molecular weight excluding hydrogens is 395 g/mol. The molecule has 0 heterocycles. The molecule has 27 heavy (non-hydrogen) atoms. The summed E-state index contributed by atoms with van der Waals surface area (Å²) in [7, 11) is -2.40. The lowest BCUT2D eigenvalue weighted by Crippen LogP contribution is -2.45. The lowest BCUT2D eigenvalue weighted by molar-refractivity contribution is -0.116.